The number of aromatic nitrogens is 2. The van der Waals surface area contributed by atoms with Crippen LogP contribution in [0.5, 0.6) is 11.5 Å². The Morgan fingerprint density at radius 2 is 1.90 bits per heavy atom. The Kier molecular flexibility index (Phi) is 2.87. The number of benzene rings is 2. The third kappa shape index (κ3) is 2.20. The van der Waals surface area contributed by atoms with Gasteiger partial charge in [-0.2, -0.15) is 0 Å². The molecule has 0 amide bonds. The molecule has 0 aliphatic carbocycles. The van der Waals surface area contributed by atoms with Gasteiger partial charge in [-0.1, -0.05) is 18.2 Å². The molecule has 7 heteroatoms. The van der Waals surface area contributed by atoms with Crippen LogP contribution in [0.3, 0.4) is 0 Å². The molecule has 2 N–H and O–H groups in total. The molecule has 0 unspecified atom stereocenters. The normalized spacial score (nSPS) is 10.7. The van der Waals surface area contributed by atoms with Crippen molar-refractivity contribution in [3.8, 4) is 22.9 Å². The van der Waals surface area contributed by atoms with Crippen LogP contribution in [0.1, 0.15) is 0 Å². The average Bonchev–Trinajstić information content (AvgIpc) is 2.49. The number of phenols is 2. The van der Waals surface area contributed by atoms with E-state index in [-0.39, 0.29) is 11.4 Å². The van der Waals surface area contributed by atoms with E-state index < -0.39 is 22.1 Å². The predicted octanol–water partition coefficient (Wildman–Crippen LogP) is 2.62. The van der Waals surface area contributed by atoms with Gasteiger partial charge in [-0.25, -0.2) is 9.97 Å². The molecule has 0 saturated carbocycles. The molecule has 104 valence electrons. The first-order valence-electron chi connectivity index (χ1n) is 5.99. The van der Waals surface area contributed by atoms with Crippen LogP contribution in [-0.4, -0.2) is 25.1 Å². The van der Waals surface area contributed by atoms with Gasteiger partial charge in [0.2, 0.25) is 5.75 Å². The quantitative estimate of drug-likeness (QED) is 0.425. The third-order valence-electron chi connectivity index (χ3n) is 3.01. The zero-order valence-corrected chi connectivity index (χ0v) is 10.6. The van der Waals surface area contributed by atoms with Gasteiger partial charge in [-0.05, 0) is 12.1 Å². The second-order valence-electron chi connectivity index (χ2n) is 4.37. The Morgan fingerprint density at radius 3 is 2.67 bits per heavy atom. The monoisotopic (exact) mass is 283 g/mol. The molecule has 3 rings (SSSR count). The van der Waals surface area contributed by atoms with Gasteiger partial charge in [0, 0.05) is 23.2 Å². The fourth-order valence-electron chi connectivity index (χ4n) is 1.98. The van der Waals surface area contributed by atoms with Crippen molar-refractivity contribution >= 4 is 16.6 Å². The van der Waals surface area contributed by atoms with Crippen LogP contribution < -0.4 is 0 Å². The lowest BCUT2D eigenvalue weighted by Crippen LogP contribution is -1.93. The zero-order chi connectivity index (χ0) is 15.0. The molecule has 1 heterocycles. The minimum atomic E-state index is -0.778. The largest absolute Gasteiger partial charge is 0.504 e. The van der Waals surface area contributed by atoms with Crippen molar-refractivity contribution < 1.29 is 15.1 Å². The number of nitro benzene ring substituents is 1. The molecular formula is C14H9N3O4. The summed E-state index contributed by atoms with van der Waals surface area (Å²) in [7, 11) is 0. The molecule has 0 radical (unpaired) electrons. The number of phenolic OH excluding ortho intramolecular Hbond substituents is 2. The van der Waals surface area contributed by atoms with Crippen LogP contribution in [0.15, 0.2) is 42.6 Å². The molecule has 0 aliphatic heterocycles. The molecule has 0 atom stereocenters. The maximum atomic E-state index is 10.9. The van der Waals surface area contributed by atoms with Crippen LogP contribution in [0.2, 0.25) is 0 Å². The highest BCUT2D eigenvalue weighted by Gasteiger charge is 2.20. The highest BCUT2D eigenvalue weighted by atomic mass is 16.6. The van der Waals surface area contributed by atoms with Crippen molar-refractivity contribution in [2.24, 2.45) is 0 Å². The first-order chi connectivity index (χ1) is 10.1. The fourth-order valence-corrected chi connectivity index (χ4v) is 1.98. The summed E-state index contributed by atoms with van der Waals surface area (Å²) in [5, 5.41) is 30.8. The van der Waals surface area contributed by atoms with Crippen LogP contribution in [0.4, 0.5) is 5.69 Å². The Morgan fingerprint density at radius 1 is 1.14 bits per heavy atom. The summed E-state index contributed by atoms with van der Waals surface area (Å²) in [5.74, 6) is -1.13. The first-order valence-corrected chi connectivity index (χ1v) is 5.99. The van der Waals surface area contributed by atoms with E-state index in [0.29, 0.717) is 5.52 Å². The molecule has 1 aromatic heterocycles. The number of aromatic hydroxyl groups is 2. The van der Waals surface area contributed by atoms with Gasteiger partial charge in [0.1, 0.15) is 0 Å². The first kappa shape index (κ1) is 12.8. The van der Waals surface area contributed by atoms with Crippen molar-refractivity contribution in [3.63, 3.8) is 0 Å². The number of hydrogen-bond donors (Lipinski definition) is 2. The summed E-state index contributed by atoms with van der Waals surface area (Å²) in [6.45, 7) is 0. The highest BCUT2D eigenvalue weighted by Crippen LogP contribution is 2.38. The van der Waals surface area contributed by atoms with Crippen LogP contribution >= 0.6 is 0 Å². The Labute approximate surface area is 118 Å². The number of rotatable bonds is 2. The number of fused-ring (bicyclic) bond motifs is 1. The maximum absolute atomic E-state index is 10.9. The second-order valence-corrected chi connectivity index (χ2v) is 4.37. The van der Waals surface area contributed by atoms with Crippen molar-refractivity contribution in [2.45, 2.75) is 0 Å². The number of para-hydroxylation sites is 1. The van der Waals surface area contributed by atoms with Gasteiger partial charge in [-0.15, -0.1) is 0 Å². The van der Waals surface area contributed by atoms with Gasteiger partial charge >= 0.3 is 5.69 Å². The van der Waals surface area contributed by atoms with Crippen LogP contribution in [0.25, 0.3) is 22.3 Å². The minimum Gasteiger partial charge on any atom is -0.504 e. The molecule has 3 aromatic rings. The van der Waals surface area contributed by atoms with E-state index in [1.165, 1.54) is 6.07 Å². The molecular weight excluding hydrogens is 274 g/mol. The van der Waals surface area contributed by atoms with Crippen molar-refractivity contribution in [1.29, 1.82) is 0 Å². The lowest BCUT2D eigenvalue weighted by Gasteiger charge is -2.05. The molecule has 21 heavy (non-hydrogen) atoms. The van der Waals surface area contributed by atoms with Crippen LogP contribution in [-0.2, 0) is 0 Å². The molecule has 0 aliphatic rings. The van der Waals surface area contributed by atoms with Gasteiger partial charge < -0.3 is 10.2 Å². The van der Waals surface area contributed by atoms with E-state index in [4.69, 9.17) is 0 Å². The molecule has 7 nitrogen and oxygen atoms in total. The van der Waals surface area contributed by atoms with Gasteiger partial charge in [0.25, 0.3) is 0 Å². The summed E-state index contributed by atoms with van der Waals surface area (Å²) >= 11 is 0. The Bertz CT molecular complexity index is 864. The molecule has 0 fully saturated rings. The maximum Gasteiger partial charge on any atom is 0.315 e. The lowest BCUT2D eigenvalue weighted by molar-refractivity contribution is -0.385. The van der Waals surface area contributed by atoms with E-state index in [2.05, 4.69) is 9.97 Å². The van der Waals surface area contributed by atoms with Gasteiger partial charge in [-0.3, -0.25) is 10.1 Å². The average molecular weight is 283 g/mol. The molecule has 0 saturated heterocycles. The summed E-state index contributed by atoms with van der Waals surface area (Å²) < 4.78 is 0. The second kappa shape index (κ2) is 4.71. The summed E-state index contributed by atoms with van der Waals surface area (Å²) in [6.07, 6.45) is 1.59. The van der Waals surface area contributed by atoms with E-state index >= 15 is 0 Å². The SMILES string of the molecule is O=[N+]([O-])c1cc(-c2ncc3ccccc3n2)cc(O)c1O. The lowest BCUT2D eigenvalue weighted by atomic mass is 10.1. The van der Waals surface area contributed by atoms with Crippen LogP contribution in [0, 0.1) is 10.1 Å². The van der Waals surface area contributed by atoms with Crippen molar-refractivity contribution in [3.05, 3.63) is 52.7 Å². The number of nitrogens with zero attached hydrogens (tertiary/aromatic N) is 3. The summed E-state index contributed by atoms with van der Waals surface area (Å²) in [5.41, 5.74) is 0.335. The van der Waals surface area contributed by atoms with Crippen molar-refractivity contribution in [2.75, 3.05) is 0 Å². The topological polar surface area (TPSA) is 109 Å². The molecule has 2 aromatic carbocycles. The summed E-state index contributed by atoms with van der Waals surface area (Å²) in [4.78, 5) is 18.5. The van der Waals surface area contributed by atoms with E-state index in [1.54, 1.807) is 12.3 Å². The van der Waals surface area contributed by atoms with Gasteiger partial charge in [0.05, 0.1) is 10.4 Å². The number of nitro groups is 1. The Balaban J connectivity index is 2.20. The van der Waals surface area contributed by atoms with E-state index in [1.807, 2.05) is 18.2 Å². The minimum absolute atomic E-state index is 0.229. The number of hydrogen-bond acceptors (Lipinski definition) is 6. The van der Waals surface area contributed by atoms with E-state index in [9.17, 15) is 20.3 Å². The Hall–Kier alpha value is -3.22. The summed E-state index contributed by atoms with van der Waals surface area (Å²) in [6, 6.07) is 9.61. The highest BCUT2D eigenvalue weighted by molar-refractivity contribution is 5.80. The molecule has 0 spiro atoms. The van der Waals surface area contributed by atoms with Gasteiger partial charge in [0.15, 0.2) is 11.6 Å². The fraction of sp³-hybridized carbons (Fsp3) is 0. The van der Waals surface area contributed by atoms with E-state index in [0.717, 1.165) is 11.5 Å². The molecule has 0 bridgehead atoms. The smallest absolute Gasteiger partial charge is 0.315 e. The predicted molar refractivity (Wildman–Crippen MR) is 75.0 cm³/mol. The third-order valence-corrected chi connectivity index (χ3v) is 3.01. The zero-order valence-electron chi connectivity index (χ0n) is 10.6. The van der Waals surface area contributed by atoms with Crippen molar-refractivity contribution in [1.82, 2.24) is 9.97 Å². The standard InChI is InChI=1S/C14H9N3O4/c18-12-6-9(5-11(13(12)19)17(20)21)14-15-7-8-3-1-2-4-10(8)16-14/h1-7,18-19H.